The smallest absolute Gasteiger partial charge is 0.288 e. The Kier molecular flexibility index (Phi) is 3.36. The summed E-state index contributed by atoms with van der Waals surface area (Å²) in [6, 6.07) is 6.93. The van der Waals surface area contributed by atoms with Gasteiger partial charge in [-0.15, -0.1) is 5.10 Å². The largest absolute Gasteiger partial charge is 0.295 e. The normalized spacial score (nSPS) is 11.3. The fourth-order valence-electron chi connectivity index (χ4n) is 1.82. The van der Waals surface area contributed by atoms with Crippen molar-refractivity contribution in [1.29, 1.82) is 0 Å². The molecule has 9 heteroatoms. The zero-order valence-corrected chi connectivity index (χ0v) is 11.7. The van der Waals surface area contributed by atoms with Crippen LogP contribution in [0.15, 0.2) is 34.1 Å². The van der Waals surface area contributed by atoms with Gasteiger partial charge in [0.05, 0.1) is 11.3 Å². The Morgan fingerprint density at radius 2 is 2.10 bits per heavy atom. The minimum absolute atomic E-state index is 0.160. The summed E-state index contributed by atoms with van der Waals surface area (Å²) >= 11 is 5.84. The molecule has 0 atom stereocenters. The van der Waals surface area contributed by atoms with Crippen LogP contribution in [-0.4, -0.2) is 36.6 Å². The zero-order valence-electron chi connectivity index (χ0n) is 10.9. The molecule has 0 aliphatic carbocycles. The van der Waals surface area contributed by atoms with Crippen LogP contribution in [-0.2, 0) is 0 Å². The number of tetrazole rings is 1. The van der Waals surface area contributed by atoms with Crippen LogP contribution in [0.25, 0.3) is 5.69 Å². The van der Waals surface area contributed by atoms with Gasteiger partial charge in [0.2, 0.25) is 0 Å². The van der Waals surface area contributed by atoms with Crippen LogP contribution in [0.1, 0.15) is 11.3 Å². The van der Waals surface area contributed by atoms with Crippen LogP contribution in [0.4, 0.5) is 5.95 Å². The van der Waals surface area contributed by atoms with E-state index in [2.05, 4.69) is 30.7 Å². The van der Waals surface area contributed by atoms with E-state index in [1.165, 1.54) is 10.9 Å². The summed E-state index contributed by atoms with van der Waals surface area (Å²) in [5.74, 6) is 0.160. The quantitative estimate of drug-likeness (QED) is 0.713. The second-order valence-corrected chi connectivity index (χ2v) is 4.67. The van der Waals surface area contributed by atoms with Crippen molar-refractivity contribution in [2.24, 2.45) is 4.99 Å². The van der Waals surface area contributed by atoms with E-state index in [0.29, 0.717) is 22.0 Å². The summed E-state index contributed by atoms with van der Waals surface area (Å²) in [6.45, 7) is 1.78. The third kappa shape index (κ3) is 2.61. The van der Waals surface area contributed by atoms with Crippen LogP contribution >= 0.6 is 11.6 Å². The molecule has 1 aromatic carbocycles. The molecule has 3 rings (SSSR count). The first-order valence-electron chi connectivity index (χ1n) is 6.00. The van der Waals surface area contributed by atoms with E-state index in [4.69, 9.17) is 11.6 Å². The number of H-pyrrole nitrogens is 2. The topological polar surface area (TPSA) is 105 Å². The highest BCUT2D eigenvalue weighted by Gasteiger charge is 2.10. The number of nitrogens with zero attached hydrogens (tertiary/aromatic N) is 5. The van der Waals surface area contributed by atoms with E-state index in [1.807, 2.05) is 0 Å². The summed E-state index contributed by atoms with van der Waals surface area (Å²) < 4.78 is 1.42. The molecule has 0 radical (unpaired) electrons. The molecule has 0 amide bonds. The average molecular weight is 304 g/mol. The number of halogens is 1. The summed E-state index contributed by atoms with van der Waals surface area (Å²) in [5.41, 5.74) is 1.57. The van der Waals surface area contributed by atoms with Gasteiger partial charge in [-0.3, -0.25) is 9.89 Å². The molecule has 2 heterocycles. The molecule has 0 aliphatic heterocycles. The predicted molar refractivity (Wildman–Crippen MR) is 77.6 cm³/mol. The average Bonchev–Trinajstić information content (AvgIpc) is 3.07. The highest BCUT2D eigenvalue weighted by molar-refractivity contribution is 6.30. The second-order valence-electron chi connectivity index (χ2n) is 4.24. The highest BCUT2D eigenvalue weighted by atomic mass is 35.5. The molecular formula is C12H10ClN7O. The molecule has 0 bridgehead atoms. The maximum absolute atomic E-state index is 12.4. The molecule has 3 aromatic rings. The van der Waals surface area contributed by atoms with Gasteiger partial charge in [0, 0.05) is 16.9 Å². The maximum Gasteiger partial charge on any atom is 0.288 e. The van der Waals surface area contributed by atoms with Gasteiger partial charge in [0.15, 0.2) is 0 Å². The van der Waals surface area contributed by atoms with E-state index in [9.17, 15) is 4.79 Å². The lowest BCUT2D eigenvalue weighted by molar-refractivity contribution is 0.835. The van der Waals surface area contributed by atoms with Gasteiger partial charge in [-0.1, -0.05) is 16.7 Å². The van der Waals surface area contributed by atoms with Crippen LogP contribution in [0.2, 0.25) is 5.02 Å². The molecule has 21 heavy (non-hydrogen) atoms. The third-order valence-electron chi connectivity index (χ3n) is 2.85. The predicted octanol–water partition coefficient (Wildman–Crippen LogP) is 1.39. The molecule has 0 unspecified atom stereocenters. The SMILES string of the molecule is Cc1[nH]n(-c2ccc(Cl)cc2)c(=O)c1/C=N/c1nn[nH]n1. The van der Waals surface area contributed by atoms with Gasteiger partial charge >= 0.3 is 0 Å². The van der Waals surface area contributed by atoms with Gasteiger partial charge in [0.1, 0.15) is 0 Å². The van der Waals surface area contributed by atoms with Crippen molar-refractivity contribution in [2.45, 2.75) is 6.92 Å². The van der Waals surface area contributed by atoms with Crippen LogP contribution in [0.5, 0.6) is 0 Å². The Bertz CT molecular complexity index is 830. The molecule has 0 fully saturated rings. The van der Waals surface area contributed by atoms with E-state index in [1.54, 1.807) is 31.2 Å². The lowest BCUT2D eigenvalue weighted by Crippen LogP contribution is -2.17. The first-order chi connectivity index (χ1) is 10.1. The summed E-state index contributed by atoms with van der Waals surface area (Å²) in [7, 11) is 0. The van der Waals surface area contributed by atoms with Crippen molar-refractivity contribution in [2.75, 3.05) is 0 Å². The van der Waals surface area contributed by atoms with Crippen molar-refractivity contribution in [1.82, 2.24) is 30.4 Å². The zero-order chi connectivity index (χ0) is 14.8. The van der Waals surface area contributed by atoms with Gasteiger partial charge in [-0.05, 0) is 36.4 Å². The summed E-state index contributed by atoms with van der Waals surface area (Å²) in [4.78, 5) is 16.4. The number of aliphatic imine (C=N–C) groups is 1. The summed E-state index contributed by atoms with van der Waals surface area (Å²) in [6.07, 6.45) is 1.41. The molecule has 2 N–H and O–H groups in total. The molecule has 0 spiro atoms. The number of aryl methyl sites for hydroxylation is 1. The molecule has 0 saturated heterocycles. The fourth-order valence-corrected chi connectivity index (χ4v) is 1.94. The minimum atomic E-state index is -0.220. The Morgan fingerprint density at radius 1 is 1.33 bits per heavy atom. The fraction of sp³-hybridized carbons (Fsp3) is 0.0833. The first-order valence-corrected chi connectivity index (χ1v) is 6.38. The monoisotopic (exact) mass is 303 g/mol. The first kappa shape index (κ1) is 13.3. The number of nitrogens with one attached hydrogen (secondary N) is 2. The Balaban J connectivity index is 2.00. The molecular weight excluding hydrogens is 294 g/mol. The van der Waals surface area contributed by atoms with Crippen LogP contribution in [0, 0.1) is 6.92 Å². The third-order valence-corrected chi connectivity index (χ3v) is 3.10. The van der Waals surface area contributed by atoms with E-state index < -0.39 is 0 Å². The van der Waals surface area contributed by atoms with Crippen molar-refractivity contribution in [3.05, 3.63) is 50.9 Å². The Labute approximate surface area is 123 Å². The van der Waals surface area contributed by atoms with Gasteiger partial charge < -0.3 is 0 Å². The van der Waals surface area contributed by atoms with Gasteiger partial charge in [-0.2, -0.15) is 5.21 Å². The van der Waals surface area contributed by atoms with E-state index >= 15 is 0 Å². The standard InChI is InChI=1S/C12H10ClN7O/c1-7-10(6-14-12-15-18-19-16-12)11(21)20(17-7)9-4-2-8(13)3-5-9/h2-6,17H,1H3,(H,15,16,18,19)/b14-6+. The highest BCUT2D eigenvalue weighted by Crippen LogP contribution is 2.12. The van der Waals surface area contributed by atoms with Crippen LogP contribution in [0.3, 0.4) is 0 Å². The van der Waals surface area contributed by atoms with Crippen molar-refractivity contribution >= 4 is 23.8 Å². The molecule has 0 aliphatic rings. The Morgan fingerprint density at radius 3 is 2.76 bits per heavy atom. The van der Waals surface area contributed by atoms with Crippen molar-refractivity contribution in [3.63, 3.8) is 0 Å². The lowest BCUT2D eigenvalue weighted by atomic mass is 10.3. The number of aromatic amines is 2. The second kappa shape index (κ2) is 5.33. The number of hydrogen-bond donors (Lipinski definition) is 2. The maximum atomic E-state index is 12.4. The molecule has 2 aromatic heterocycles. The Hall–Kier alpha value is -2.74. The minimum Gasteiger partial charge on any atom is -0.295 e. The van der Waals surface area contributed by atoms with Crippen molar-refractivity contribution in [3.8, 4) is 5.69 Å². The molecule has 106 valence electrons. The van der Waals surface area contributed by atoms with E-state index in [0.717, 1.165) is 0 Å². The summed E-state index contributed by atoms with van der Waals surface area (Å²) in [5, 5.41) is 16.6. The number of benzene rings is 1. The van der Waals surface area contributed by atoms with E-state index in [-0.39, 0.29) is 11.5 Å². The van der Waals surface area contributed by atoms with Gasteiger partial charge in [-0.25, -0.2) is 9.67 Å². The molecule has 8 nitrogen and oxygen atoms in total. The van der Waals surface area contributed by atoms with Crippen LogP contribution < -0.4 is 5.56 Å². The number of rotatable bonds is 3. The number of hydrogen-bond acceptors (Lipinski definition) is 5. The lowest BCUT2D eigenvalue weighted by Gasteiger charge is -2.00. The number of aromatic nitrogens is 6. The molecule has 0 saturated carbocycles. The van der Waals surface area contributed by atoms with Gasteiger partial charge in [0.25, 0.3) is 11.5 Å². The van der Waals surface area contributed by atoms with Crippen molar-refractivity contribution < 1.29 is 0 Å².